The van der Waals surface area contributed by atoms with E-state index in [1.165, 1.54) is 6.20 Å². The van der Waals surface area contributed by atoms with E-state index in [1.807, 2.05) is 0 Å². The molecule has 23 heavy (non-hydrogen) atoms. The first-order chi connectivity index (χ1) is 10.9. The van der Waals surface area contributed by atoms with Crippen LogP contribution < -0.4 is 9.62 Å². The normalized spacial score (nSPS) is 25.6. The van der Waals surface area contributed by atoms with Gasteiger partial charge in [-0.3, -0.25) is 0 Å². The summed E-state index contributed by atoms with van der Waals surface area (Å²) in [5.74, 6) is 1.31. The minimum absolute atomic E-state index is 0.170. The number of hydrogen-bond donors (Lipinski definition) is 1. The number of hydrogen-bond acceptors (Lipinski definition) is 5. The molecule has 3 rings (SSSR count). The third-order valence-corrected chi connectivity index (χ3v) is 6.11. The predicted octanol–water partition coefficient (Wildman–Crippen LogP) is 1.78. The van der Waals surface area contributed by atoms with Gasteiger partial charge in [0, 0.05) is 25.8 Å². The summed E-state index contributed by atoms with van der Waals surface area (Å²) in [5.41, 5.74) is -0.170. The van der Waals surface area contributed by atoms with Gasteiger partial charge in [0.1, 0.15) is 10.7 Å². The van der Waals surface area contributed by atoms with Crippen molar-refractivity contribution in [2.75, 3.05) is 31.1 Å². The molecule has 1 aliphatic heterocycles. The SMILES string of the molecule is CCC1(C)CN(c2ccc(S(=O)(=O)NCC3CC3)cn2)CCO1. The number of morpholine rings is 1. The lowest BCUT2D eigenvalue weighted by Crippen LogP contribution is -2.50. The Morgan fingerprint density at radius 1 is 1.43 bits per heavy atom. The molecule has 1 N–H and O–H groups in total. The Morgan fingerprint density at radius 2 is 2.22 bits per heavy atom. The smallest absolute Gasteiger partial charge is 0.242 e. The van der Waals surface area contributed by atoms with Crippen LogP contribution in [-0.4, -0.2) is 45.2 Å². The molecular weight excluding hydrogens is 314 g/mol. The predicted molar refractivity (Wildman–Crippen MR) is 89.0 cm³/mol. The average molecular weight is 339 g/mol. The minimum Gasteiger partial charge on any atom is -0.372 e. The van der Waals surface area contributed by atoms with E-state index < -0.39 is 10.0 Å². The first-order valence-corrected chi connectivity index (χ1v) is 9.75. The van der Waals surface area contributed by atoms with Crippen LogP contribution in [0, 0.1) is 5.92 Å². The molecule has 6 nitrogen and oxygen atoms in total. The topological polar surface area (TPSA) is 71.5 Å². The van der Waals surface area contributed by atoms with E-state index in [1.54, 1.807) is 12.1 Å². The van der Waals surface area contributed by atoms with Crippen LogP contribution >= 0.6 is 0 Å². The molecule has 2 fully saturated rings. The van der Waals surface area contributed by atoms with Crippen molar-refractivity contribution in [2.45, 2.75) is 43.6 Å². The molecular formula is C16H25N3O3S. The van der Waals surface area contributed by atoms with Crippen molar-refractivity contribution < 1.29 is 13.2 Å². The van der Waals surface area contributed by atoms with Crippen molar-refractivity contribution in [2.24, 2.45) is 5.92 Å². The number of aromatic nitrogens is 1. The molecule has 1 saturated heterocycles. The van der Waals surface area contributed by atoms with Gasteiger partial charge in [-0.15, -0.1) is 0 Å². The average Bonchev–Trinajstić information content (AvgIpc) is 3.38. The lowest BCUT2D eigenvalue weighted by atomic mass is 10.0. The highest BCUT2D eigenvalue weighted by Gasteiger charge is 2.31. The molecule has 128 valence electrons. The summed E-state index contributed by atoms with van der Waals surface area (Å²) >= 11 is 0. The van der Waals surface area contributed by atoms with Crippen LogP contribution in [0.15, 0.2) is 23.2 Å². The lowest BCUT2D eigenvalue weighted by molar-refractivity contribution is -0.0443. The second-order valence-electron chi connectivity index (χ2n) is 6.72. The molecule has 0 aromatic carbocycles. The summed E-state index contributed by atoms with van der Waals surface area (Å²) in [4.78, 5) is 6.75. The highest BCUT2D eigenvalue weighted by Crippen LogP contribution is 2.28. The zero-order valence-corrected chi connectivity index (χ0v) is 14.6. The van der Waals surface area contributed by atoms with Crippen LogP contribution in [-0.2, 0) is 14.8 Å². The standard InChI is InChI=1S/C16H25N3O3S/c1-3-16(2)12-19(8-9-22-16)15-7-6-14(11-17-15)23(20,21)18-10-13-4-5-13/h6-7,11,13,18H,3-5,8-10,12H2,1-2H3. The Morgan fingerprint density at radius 3 is 2.83 bits per heavy atom. The number of nitrogens with one attached hydrogen (secondary N) is 1. The molecule has 1 aromatic heterocycles. The Labute approximate surface area is 138 Å². The van der Waals surface area contributed by atoms with E-state index >= 15 is 0 Å². The van der Waals surface area contributed by atoms with Crippen molar-refractivity contribution in [1.82, 2.24) is 9.71 Å². The van der Waals surface area contributed by atoms with E-state index in [-0.39, 0.29) is 10.5 Å². The van der Waals surface area contributed by atoms with Crippen molar-refractivity contribution in [3.8, 4) is 0 Å². The molecule has 0 amide bonds. The Kier molecular flexibility index (Phi) is 4.62. The van der Waals surface area contributed by atoms with Crippen LogP contribution in [0.1, 0.15) is 33.1 Å². The molecule has 2 heterocycles. The molecule has 2 aliphatic rings. The summed E-state index contributed by atoms with van der Waals surface area (Å²) < 4.78 is 32.9. The van der Waals surface area contributed by atoms with Crippen LogP contribution in [0.5, 0.6) is 0 Å². The Bertz CT molecular complexity index is 643. The van der Waals surface area contributed by atoms with Gasteiger partial charge in [-0.1, -0.05) is 6.92 Å². The van der Waals surface area contributed by atoms with Crippen molar-refractivity contribution >= 4 is 15.8 Å². The maximum atomic E-state index is 12.2. The van der Waals surface area contributed by atoms with Crippen molar-refractivity contribution in [3.05, 3.63) is 18.3 Å². The third-order valence-electron chi connectivity index (χ3n) is 4.70. The van der Waals surface area contributed by atoms with Gasteiger partial charge in [0.2, 0.25) is 10.0 Å². The molecule has 1 aliphatic carbocycles. The van der Waals surface area contributed by atoms with Gasteiger partial charge in [-0.05, 0) is 44.2 Å². The van der Waals surface area contributed by atoms with Gasteiger partial charge in [0.15, 0.2) is 0 Å². The van der Waals surface area contributed by atoms with Crippen LogP contribution in [0.2, 0.25) is 0 Å². The summed E-state index contributed by atoms with van der Waals surface area (Å²) in [6.45, 7) is 6.94. The molecule has 0 radical (unpaired) electrons. The van der Waals surface area contributed by atoms with Gasteiger partial charge in [0.05, 0.1) is 12.2 Å². The molecule has 0 bridgehead atoms. The number of anilines is 1. The molecule has 0 spiro atoms. The van der Waals surface area contributed by atoms with E-state index in [4.69, 9.17) is 4.74 Å². The number of sulfonamides is 1. The highest BCUT2D eigenvalue weighted by atomic mass is 32.2. The van der Waals surface area contributed by atoms with E-state index in [0.717, 1.165) is 38.2 Å². The number of ether oxygens (including phenoxy) is 1. The molecule has 1 atom stereocenters. The Balaban J connectivity index is 1.68. The quantitative estimate of drug-likeness (QED) is 0.855. The van der Waals surface area contributed by atoms with Gasteiger partial charge in [-0.25, -0.2) is 18.1 Å². The van der Waals surface area contributed by atoms with Crippen LogP contribution in [0.4, 0.5) is 5.82 Å². The third kappa shape index (κ3) is 4.02. The molecule has 1 unspecified atom stereocenters. The Hall–Kier alpha value is -1.18. The summed E-state index contributed by atoms with van der Waals surface area (Å²) in [6, 6.07) is 3.42. The van der Waals surface area contributed by atoms with E-state index in [2.05, 4.69) is 28.5 Å². The second kappa shape index (κ2) is 6.37. The van der Waals surface area contributed by atoms with Crippen LogP contribution in [0.25, 0.3) is 0 Å². The fourth-order valence-electron chi connectivity index (χ4n) is 2.69. The van der Waals surface area contributed by atoms with Gasteiger partial charge < -0.3 is 9.64 Å². The van der Waals surface area contributed by atoms with E-state index in [9.17, 15) is 8.42 Å². The van der Waals surface area contributed by atoms with Crippen molar-refractivity contribution in [3.63, 3.8) is 0 Å². The summed E-state index contributed by atoms with van der Waals surface area (Å²) in [7, 11) is -3.45. The van der Waals surface area contributed by atoms with E-state index in [0.29, 0.717) is 19.1 Å². The van der Waals surface area contributed by atoms with Gasteiger partial charge in [0.25, 0.3) is 0 Å². The summed E-state index contributed by atoms with van der Waals surface area (Å²) in [6.07, 6.45) is 4.62. The fraction of sp³-hybridized carbons (Fsp3) is 0.688. The minimum atomic E-state index is -3.45. The lowest BCUT2D eigenvalue weighted by Gasteiger charge is -2.40. The van der Waals surface area contributed by atoms with Gasteiger partial charge in [-0.2, -0.15) is 0 Å². The number of rotatable bonds is 6. The maximum Gasteiger partial charge on any atom is 0.242 e. The largest absolute Gasteiger partial charge is 0.372 e. The van der Waals surface area contributed by atoms with Crippen LogP contribution in [0.3, 0.4) is 0 Å². The highest BCUT2D eigenvalue weighted by molar-refractivity contribution is 7.89. The zero-order valence-electron chi connectivity index (χ0n) is 13.8. The summed E-state index contributed by atoms with van der Waals surface area (Å²) in [5, 5.41) is 0. The monoisotopic (exact) mass is 339 g/mol. The number of pyridine rings is 1. The molecule has 1 aromatic rings. The second-order valence-corrected chi connectivity index (χ2v) is 8.49. The maximum absolute atomic E-state index is 12.2. The van der Waals surface area contributed by atoms with Gasteiger partial charge >= 0.3 is 0 Å². The van der Waals surface area contributed by atoms with Crippen molar-refractivity contribution in [1.29, 1.82) is 0 Å². The number of nitrogens with zero attached hydrogens (tertiary/aromatic N) is 2. The molecule has 7 heteroatoms. The first-order valence-electron chi connectivity index (χ1n) is 8.26. The molecule has 1 saturated carbocycles. The fourth-order valence-corrected chi connectivity index (χ4v) is 3.75. The zero-order chi connectivity index (χ0) is 16.5. The first kappa shape index (κ1) is 16.7.